The first kappa shape index (κ1) is 28.3. The molecule has 2 fully saturated rings. The quantitative estimate of drug-likeness (QED) is 0.261. The van der Waals surface area contributed by atoms with E-state index in [9.17, 15) is 14.7 Å². The van der Waals surface area contributed by atoms with Gasteiger partial charge in [0.2, 0.25) is 5.95 Å². The first-order chi connectivity index (χ1) is 19.1. The number of carboxylic acid groups (broad SMARTS) is 1. The zero-order valence-corrected chi connectivity index (χ0v) is 24.4. The highest BCUT2D eigenvalue weighted by Gasteiger charge is 2.50. The van der Waals surface area contributed by atoms with Gasteiger partial charge in [-0.15, -0.1) is 0 Å². The highest BCUT2D eigenvalue weighted by Crippen LogP contribution is 2.45. The lowest BCUT2D eigenvalue weighted by atomic mass is 9.92. The molecule has 3 aliphatic rings. The summed E-state index contributed by atoms with van der Waals surface area (Å²) in [5, 5.41) is 9.19. The highest BCUT2D eigenvalue weighted by molar-refractivity contribution is 5.70. The van der Waals surface area contributed by atoms with E-state index in [1.165, 1.54) is 31.2 Å². The lowest BCUT2D eigenvalue weighted by molar-refractivity contribution is -0.892. The first-order valence-corrected chi connectivity index (χ1v) is 14.9. The predicted molar refractivity (Wildman–Crippen MR) is 155 cm³/mol. The number of hydrogen-bond donors (Lipinski definition) is 1. The maximum Gasteiger partial charge on any atom is 0.511 e. The number of piperidine rings is 1. The lowest BCUT2D eigenvalue weighted by Gasteiger charge is -2.47. The van der Waals surface area contributed by atoms with Crippen LogP contribution in [0.5, 0.6) is 5.75 Å². The second-order valence-electron chi connectivity index (χ2n) is 12.3. The van der Waals surface area contributed by atoms with Crippen LogP contribution in [-0.2, 0) is 11.2 Å². The number of rotatable bonds is 8. The van der Waals surface area contributed by atoms with Crippen LogP contribution in [0.4, 0.5) is 16.6 Å². The molecule has 9 heteroatoms. The third kappa shape index (κ3) is 5.80. The number of quaternary nitrogens is 1. The Hall–Kier alpha value is -3.20. The number of hydrogen-bond acceptors (Lipinski definition) is 7. The molecule has 9 nitrogen and oxygen atoms in total. The first-order valence-electron chi connectivity index (χ1n) is 14.9. The van der Waals surface area contributed by atoms with Gasteiger partial charge in [0, 0.05) is 63.8 Å². The number of anilines is 2. The zero-order valence-electron chi connectivity index (χ0n) is 24.4. The molecule has 40 heavy (non-hydrogen) atoms. The smallest absolute Gasteiger partial charge is 0.449 e. The zero-order chi connectivity index (χ0) is 28.4. The fourth-order valence-corrected chi connectivity index (χ4v) is 7.31. The van der Waals surface area contributed by atoms with Gasteiger partial charge in [0.05, 0.1) is 19.5 Å². The Balaban J connectivity index is 1.40. The monoisotopic (exact) mass is 550 g/mol. The van der Waals surface area contributed by atoms with Gasteiger partial charge < -0.3 is 19.6 Å². The molecule has 2 atom stereocenters. The molecule has 1 aromatic heterocycles. The Kier molecular flexibility index (Phi) is 8.31. The molecule has 1 aromatic carbocycles. The topological polar surface area (TPSA) is 95.9 Å². The summed E-state index contributed by atoms with van der Waals surface area (Å²) >= 11 is 0. The molecule has 2 aliphatic carbocycles. The van der Waals surface area contributed by atoms with Crippen molar-refractivity contribution in [1.29, 1.82) is 0 Å². The van der Waals surface area contributed by atoms with Gasteiger partial charge in [-0.1, -0.05) is 31.7 Å². The molecule has 2 heterocycles. The summed E-state index contributed by atoms with van der Waals surface area (Å²) in [4.78, 5) is 39.2. The van der Waals surface area contributed by atoms with Crippen LogP contribution in [0.25, 0.3) is 0 Å². The number of fused-ring (bicyclic) bond motifs is 1. The van der Waals surface area contributed by atoms with Gasteiger partial charge in [0.25, 0.3) is 0 Å². The minimum absolute atomic E-state index is 0.00149. The molecule has 216 valence electrons. The van der Waals surface area contributed by atoms with Crippen molar-refractivity contribution < 1.29 is 23.9 Å². The molecule has 1 N–H and O–H groups in total. The molecule has 1 aliphatic heterocycles. The molecule has 0 bridgehead atoms. The molecule has 2 unspecified atom stereocenters. The minimum atomic E-state index is -1.32. The van der Waals surface area contributed by atoms with E-state index in [1.54, 1.807) is 6.07 Å². The Bertz CT molecular complexity index is 1240. The van der Waals surface area contributed by atoms with Crippen molar-refractivity contribution in [3.05, 3.63) is 41.1 Å². The maximum atomic E-state index is 14.3. The summed E-state index contributed by atoms with van der Waals surface area (Å²) in [5.74, 6) is 2.96. The molecule has 5 rings (SSSR count). The lowest BCUT2D eigenvalue weighted by Crippen LogP contribution is -2.60. The van der Waals surface area contributed by atoms with Gasteiger partial charge in [-0.3, -0.25) is 4.48 Å². The van der Waals surface area contributed by atoms with E-state index < -0.39 is 6.16 Å². The summed E-state index contributed by atoms with van der Waals surface area (Å²) in [5.41, 5.74) is 3.21. The second-order valence-corrected chi connectivity index (χ2v) is 12.3. The number of nitrogens with zero attached hydrogens (tertiary/aromatic N) is 5. The molecular formula is C31H44N5O4+. The van der Waals surface area contributed by atoms with Crippen molar-refractivity contribution in [1.82, 2.24) is 9.97 Å². The van der Waals surface area contributed by atoms with Crippen molar-refractivity contribution in [2.75, 3.05) is 44.0 Å². The number of benzene rings is 1. The second kappa shape index (κ2) is 11.7. The Morgan fingerprint density at radius 3 is 2.48 bits per heavy atom. The minimum Gasteiger partial charge on any atom is -0.449 e. The summed E-state index contributed by atoms with van der Waals surface area (Å²) < 4.78 is 5.41. The van der Waals surface area contributed by atoms with Crippen LogP contribution in [0.2, 0.25) is 0 Å². The number of carbonyl (C=O) groups is 2. The number of aryl methyl sites for hydroxylation is 2. The van der Waals surface area contributed by atoms with E-state index in [1.807, 2.05) is 44.1 Å². The third-order valence-corrected chi connectivity index (χ3v) is 9.57. The molecular weight excluding hydrogens is 506 g/mol. The van der Waals surface area contributed by atoms with Crippen molar-refractivity contribution in [3.63, 3.8) is 0 Å². The van der Waals surface area contributed by atoms with Crippen molar-refractivity contribution in [2.45, 2.75) is 83.2 Å². The average molecular weight is 551 g/mol. The number of ether oxygens (including phenoxy) is 1. The van der Waals surface area contributed by atoms with E-state index in [0.29, 0.717) is 34.4 Å². The van der Waals surface area contributed by atoms with Crippen LogP contribution in [-0.4, -0.2) is 71.9 Å². The molecule has 2 aromatic rings. The number of aromatic nitrogens is 2. The molecule has 0 spiro atoms. The standard InChI is InChI=1S/C31H43N5O4/c1-21-19-28(33-30(32-21)34(2)3)35-17-15-24(16-18-35)36(4,29(37)14-9-22-7-5-6-8-22)27-13-11-23-10-12-25(20-26(23)27)40-31(38)39/h10,12,19-20,22,24,27H,5-9,11,13-18H2,1-4H3/p+1. The van der Waals surface area contributed by atoms with Gasteiger partial charge in [-0.05, 0) is 43.4 Å². The third-order valence-electron chi connectivity index (χ3n) is 9.57. The van der Waals surface area contributed by atoms with Gasteiger partial charge in [0.1, 0.15) is 17.6 Å². The van der Waals surface area contributed by atoms with Gasteiger partial charge in [0.15, 0.2) is 0 Å². The van der Waals surface area contributed by atoms with E-state index in [-0.39, 0.29) is 12.1 Å². The Morgan fingerprint density at radius 1 is 1.07 bits per heavy atom. The maximum absolute atomic E-state index is 14.3. The fraction of sp³-hybridized carbons (Fsp3) is 0.613. The van der Waals surface area contributed by atoms with E-state index in [2.05, 4.69) is 16.9 Å². The summed E-state index contributed by atoms with van der Waals surface area (Å²) in [7, 11) is 6.06. The van der Waals surface area contributed by atoms with Gasteiger partial charge >= 0.3 is 12.1 Å². The average Bonchev–Trinajstić information content (AvgIpc) is 3.61. The summed E-state index contributed by atoms with van der Waals surface area (Å²) in [6, 6.07) is 7.80. The summed E-state index contributed by atoms with van der Waals surface area (Å²) in [6.07, 6.45) is 8.87. The Labute approximate surface area is 237 Å². The molecule has 1 amide bonds. The normalized spacial score (nSPS) is 21.2. The van der Waals surface area contributed by atoms with Crippen LogP contribution in [0.3, 0.4) is 0 Å². The van der Waals surface area contributed by atoms with Crippen molar-refractivity contribution >= 4 is 23.8 Å². The molecule has 1 saturated heterocycles. The largest absolute Gasteiger partial charge is 0.511 e. The van der Waals surface area contributed by atoms with Crippen LogP contribution >= 0.6 is 0 Å². The highest BCUT2D eigenvalue weighted by atomic mass is 16.7. The number of amides is 1. The van der Waals surface area contributed by atoms with E-state index in [4.69, 9.17) is 9.72 Å². The van der Waals surface area contributed by atoms with Crippen LogP contribution in [0, 0.1) is 12.8 Å². The van der Waals surface area contributed by atoms with Gasteiger partial charge in [-0.2, -0.15) is 4.98 Å². The van der Waals surface area contributed by atoms with Crippen LogP contribution < -0.4 is 14.5 Å². The number of carbonyl (C=O) groups excluding carboxylic acids is 1. The Morgan fingerprint density at radius 2 is 1.80 bits per heavy atom. The van der Waals surface area contributed by atoms with Crippen molar-refractivity contribution in [2.24, 2.45) is 5.92 Å². The molecule has 0 radical (unpaired) electrons. The van der Waals surface area contributed by atoms with E-state index >= 15 is 0 Å². The summed E-state index contributed by atoms with van der Waals surface area (Å²) in [6.45, 7) is 3.67. The van der Waals surface area contributed by atoms with Crippen LogP contribution in [0.15, 0.2) is 24.3 Å². The van der Waals surface area contributed by atoms with E-state index in [0.717, 1.165) is 62.3 Å². The van der Waals surface area contributed by atoms with Crippen LogP contribution in [0.1, 0.15) is 80.7 Å². The molecule has 1 saturated carbocycles. The predicted octanol–water partition coefficient (Wildman–Crippen LogP) is 5.51. The fourth-order valence-electron chi connectivity index (χ4n) is 7.31. The van der Waals surface area contributed by atoms with Gasteiger partial charge in [-0.25, -0.2) is 14.6 Å². The SMILES string of the molecule is Cc1cc(N2CCC([N+](C)(C(=O)CCC3CCCC3)C3CCc4ccc(OC(=O)O)cc43)CC2)nc(N(C)C)n1. The van der Waals surface area contributed by atoms with Crippen molar-refractivity contribution in [3.8, 4) is 5.75 Å².